The van der Waals surface area contributed by atoms with Crippen molar-refractivity contribution in [2.24, 2.45) is 10.3 Å². The van der Waals surface area contributed by atoms with E-state index in [4.69, 9.17) is 0 Å². The van der Waals surface area contributed by atoms with Crippen LogP contribution in [0.1, 0.15) is 5.56 Å². The molecule has 3 aromatic rings. The monoisotopic (exact) mass is 292 g/mol. The van der Waals surface area contributed by atoms with Crippen molar-refractivity contribution in [2.45, 2.75) is 6.92 Å². The Morgan fingerprint density at radius 2 is 1.73 bits per heavy atom. The summed E-state index contributed by atoms with van der Waals surface area (Å²) in [6.07, 6.45) is 1.55. The maximum absolute atomic E-state index is 4.34. The van der Waals surface area contributed by atoms with E-state index in [1.807, 2.05) is 30.3 Å². The number of rotatable bonds is 4. The quantitative estimate of drug-likeness (QED) is 0.561. The van der Waals surface area contributed by atoms with Crippen LogP contribution in [0.4, 0.5) is 17.2 Å². The Morgan fingerprint density at radius 1 is 0.955 bits per heavy atom. The molecule has 0 bridgehead atoms. The van der Waals surface area contributed by atoms with E-state index in [-0.39, 0.29) is 0 Å². The highest BCUT2D eigenvalue weighted by atomic mass is 15.4. The molecule has 0 atom stereocenters. The third kappa shape index (κ3) is 3.01. The van der Waals surface area contributed by atoms with Crippen molar-refractivity contribution in [3.63, 3.8) is 0 Å². The van der Waals surface area contributed by atoms with Crippen molar-refractivity contribution in [3.8, 4) is 0 Å². The molecule has 22 heavy (non-hydrogen) atoms. The molecular formula is C16H16N6. The molecule has 0 spiro atoms. The maximum atomic E-state index is 4.34. The number of aryl methyl sites for hydroxylation is 1. The summed E-state index contributed by atoms with van der Waals surface area (Å²) in [5, 5.41) is 11.7. The van der Waals surface area contributed by atoms with E-state index in [2.05, 4.69) is 50.1 Å². The summed E-state index contributed by atoms with van der Waals surface area (Å²) < 4.78 is 0. The molecule has 110 valence electrons. The molecule has 1 aromatic heterocycles. The van der Waals surface area contributed by atoms with E-state index in [1.165, 1.54) is 5.56 Å². The highest BCUT2D eigenvalue weighted by Crippen LogP contribution is 2.25. The van der Waals surface area contributed by atoms with Gasteiger partial charge in [-0.2, -0.15) is 5.11 Å². The van der Waals surface area contributed by atoms with E-state index < -0.39 is 0 Å². The predicted molar refractivity (Wildman–Crippen MR) is 88.4 cm³/mol. The fourth-order valence-corrected chi connectivity index (χ4v) is 2.11. The zero-order valence-corrected chi connectivity index (χ0v) is 12.4. The second kappa shape index (κ2) is 6.17. The zero-order valence-electron chi connectivity index (χ0n) is 12.4. The Morgan fingerprint density at radius 3 is 2.50 bits per heavy atom. The topological polar surface area (TPSA) is 74.6 Å². The van der Waals surface area contributed by atoms with Crippen LogP contribution >= 0.6 is 0 Å². The molecule has 0 unspecified atom stereocenters. The third-order valence-electron chi connectivity index (χ3n) is 3.23. The zero-order chi connectivity index (χ0) is 15.4. The lowest BCUT2D eigenvalue weighted by atomic mass is 10.2. The summed E-state index contributed by atoms with van der Waals surface area (Å²) in [4.78, 5) is 8.63. The van der Waals surface area contributed by atoms with Crippen LogP contribution in [0.5, 0.6) is 0 Å². The number of fused-ring (bicyclic) bond motifs is 1. The molecule has 0 aliphatic rings. The molecule has 0 fully saturated rings. The lowest BCUT2D eigenvalue weighted by molar-refractivity contribution is 1.08. The van der Waals surface area contributed by atoms with Gasteiger partial charge in [-0.3, -0.25) is 5.43 Å². The number of hydrogen-bond donors (Lipinski definition) is 2. The molecule has 0 amide bonds. The molecule has 6 nitrogen and oxygen atoms in total. The Balaban J connectivity index is 1.98. The average molecular weight is 292 g/mol. The van der Waals surface area contributed by atoms with E-state index >= 15 is 0 Å². The average Bonchev–Trinajstić information content (AvgIpc) is 2.55. The van der Waals surface area contributed by atoms with Crippen LogP contribution in [0.2, 0.25) is 0 Å². The van der Waals surface area contributed by atoms with Gasteiger partial charge in [-0.25, -0.2) is 9.97 Å². The van der Waals surface area contributed by atoms with Gasteiger partial charge >= 0.3 is 0 Å². The second-order valence-corrected chi connectivity index (χ2v) is 4.86. The molecule has 0 saturated carbocycles. The van der Waals surface area contributed by atoms with Crippen molar-refractivity contribution < 1.29 is 0 Å². The van der Waals surface area contributed by atoms with Gasteiger partial charge in [0.25, 0.3) is 0 Å². The van der Waals surface area contributed by atoms with Crippen LogP contribution in [0.15, 0.2) is 59.1 Å². The third-order valence-corrected chi connectivity index (χ3v) is 3.23. The standard InChI is InChI=1S/C16H16N6/c1-11-3-5-12(6-4-11)20-16-14-9-13(21-22-17-2)7-8-15(14)18-10-19-16/h3-10H,1-2H3,(H,17,21)(H,18,19,20). The van der Waals surface area contributed by atoms with Crippen molar-refractivity contribution in [3.05, 3.63) is 54.4 Å². The second-order valence-electron chi connectivity index (χ2n) is 4.86. The first kappa shape index (κ1) is 13.9. The van der Waals surface area contributed by atoms with E-state index in [0.29, 0.717) is 0 Å². The van der Waals surface area contributed by atoms with Crippen LogP contribution < -0.4 is 10.7 Å². The first-order valence-corrected chi connectivity index (χ1v) is 6.89. The Labute approximate surface area is 128 Å². The van der Waals surface area contributed by atoms with Crippen LogP contribution in [-0.2, 0) is 0 Å². The Bertz CT molecular complexity index is 810. The molecule has 0 saturated heterocycles. The van der Waals surface area contributed by atoms with Crippen molar-refractivity contribution >= 4 is 28.1 Å². The van der Waals surface area contributed by atoms with Crippen LogP contribution in [0.3, 0.4) is 0 Å². The molecule has 0 aliphatic carbocycles. The smallest absolute Gasteiger partial charge is 0.141 e. The number of hydrogen-bond acceptors (Lipinski definition) is 5. The molecule has 0 radical (unpaired) electrons. The van der Waals surface area contributed by atoms with Gasteiger partial charge in [0.05, 0.1) is 18.3 Å². The Kier molecular flexibility index (Phi) is 3.91. The highest BCUT2D eigenvalue weighted by molar-refractivity contribution is 5.92. The Hall–Kier alpha value is -3.02. The van der Waals surface area contributed by atoms with Gasteiger partial charge in [0, 0.05) is 11.1 Å². The fraction of sp³-hybridized carbons (Fsp3) is 0.125. The van der Waals surface area contributed by atoms with Crippen molar-refractivity contribution in [1.29, 1.82) is 0 Å². The minimum absolute atomic E-state index is 0.756. The highest BCUT2D eigenvalue weighted by Gasteiger charge is 2.05. The predicted octanol–water partition coefficient (Wildman–Crippen LogP) is 4.09. The van der Waals surface area contributed by atoms with E-state index in [0.717, 1.165) is 28.1 Å². The maximum Gasteiger partial charge on any atom is 0.141 e. The normalized spacial score (nSPS) is 11.0. The lowest BCUT2D eigenvalue weighted by Crippen LogP contribution is -1.97. The van der Waals surface area contributed by atoms with Gasteiger partial charge < -0.3 is 5.32 Å². The summed E-state index contributed by atoms with van der Waals surface area (Å²) in [5.41, 5.74) is 6.76. The van der Waals surface area contributed by atoms with Crippen LogP contribution in [-0.4, -0.2) is 17.0 Å². The van der Waals surface area contributed by atoms with E-state index in [9.17, 15) is 0 Å². The molecule has 6 heteroatoms. The fourth-order valence-electron chi connectivity index (χ4n) is 2.11. The minimum atomic E-state index is 0.756. The largest absolute Gasteiger partial charge is 0.340 e. The van der Waals surface area contributed by atoms with Crippen LogP contribution in [0.25, 0.3) is 10.9 Å². The van der Waals surface area contributed by atoms with E-state index in [1.54, 1.807) is 13.4 Å². The number of anilines is 3. The lowest BCUT2D eigenvalue weighted by Gasteiger charge is -2.09. The summed E-state index contributed by atoms with van der Waals surface area (Å²) in [7, 11) is 1.61. The van der Waals surface area contributed by atoms with Gasteiger partial charge in [0.15, 0.2) is 0 Å². The van der Waals surface area contributed by atoms with Crippen molar-refractivity contribution in [2.75, 3.05) is 17.8 Å². The number of nitrogens with one attached hydrogen (secondary N) is 2. The van der Waals surface area contributed by atoms with Gasteiger partial charge in [-0.05, 0) is 37.3 Å². The molecule has 1 heterocycles. The minimum Gasteiger partial charge on any atom is -0.340 e. The van der Waals surface area contributed by atoms with Gasteiger partial charge in [0.1, 0.15) is 12.1 Å². The summed E-state index contributed by atoms with van der Waals surface area (Å²) >= 11 is 0. The van der Waals surface area contributed by atoms with Crippen LogP contribution in [0, 0.1) is 6.92 Å². The number of benzene rings is 2. The molecular weight excluding hydrogens is 276 g/mol. The molecule has 0 aliphatic heterocycles. The first-order chi connectivity index (χ1) is 10.8. The molecule has 3 rings (SSSR count). The van der Waals surface area contributed by atoms with Crippen molar-refractivity contribution in [1.82, 2.24) is 9.97 Å². The van der Waals surface area contributed by atoms with Gasteiger partial charge in [-0.1, -0.05) is 22.9 Å². The first-order valence-electron chi connectivity index (χ1n) is 6.89. The summed E-state index contributed by atoms with van der Waals surface area (Å²) in [6, 6.07) is 13.9. The van der Waals surface area contributed by atoms with Gasteiger partial charge in [-0.15, -0.1) is 0 Å². The molecule has 2 N–H and O–H groups in total. The molecule has 2 aromatic carbocycles. The summed E-state index contributed by atoms with van der Waals surface area (Å²) in [6.45, 7) is 2.06. The summed E-state index contributed by atoms with van der Waals surface area (Å²) in [5.74, 6) is 0.756. The SMILES string of the molecule is CN=NNc1ccc2ncnc(Nc3ccc(C)cc3)c2c1. The van der Waals surface area contributed by atoms with Gasteiger partial charge in [0.2, 0.25) is 0 Å². The number of aromatic nitrogens is 2. The number of nitrogens with zero attached hydrogens (tertiary/aromatic N) is 4.